The van der Waals surface area contributed by atoms with Crippen LogP contribution in [0.3, 0.4) is 0 Å². The molecular formula is C22H54N2+2. The molecular weight excluding hydrogens is 292 g/mol. The Morgan fingerprint density at radius 3 is 1.17 bits per heavy atom. The average Bonchev–Trinajstić information content (AvgIpc) is 2.42. The fraction of sp³-hybridized carbons (Fsp3) is 0.818. The number of nitrogens with zero attached hydrogens (tertiary/aromatic N) is 2. The third-order valence-electron chi connectivity index (χ3n) is 2.91. The Hall–Kier alpha value is -0.600. The largest absolute Gasteiger partial charge is 0.328 e. The first-order chi connectivity index (χ1) is 10.1. The van der Waals surface area contributed by atoms with Crippen molar-refractivity contribution in [3.8, 4) is 0 Å². The van der Waals surface area contributed by atoms with Gasteiger partial charge >= 0.3 is 0 Å². The second-order valence-electron chi connectivity index (χ2n) is 7.37. The molecule has 0 amide bonds. The first-order valence-electron chi connectivity index (χ1n) is 9.02. The second kappa shape index (κ2) is 22.4. The molecule has 2 heteroatoms. The summed E-state index contributed by atoms with van der Waals surface area (Å²) in [5.74, 6) is 0. The fourth-order valence-electron chi connectivity index (χ4n) is 1.21. The van der Waals surface area contributed by atoms with Gasteiger partial charge in [-0.25, -0.2) is 0 Å². The lowest BCUT2D eigenvalue weighted by atomic mass is 10.4. The Morgan fingerprint density at radius 1 is 0.583 bits per heavy atom. The number of quaternary nitrogens is 2. The van der Waals surface area contributed by atoms with E-state index in [9.17, 15) is 0 Å². The molecule has 24 heavy (non-hydrogen) atoms. The highest BCUT2D eigenvalue weighted by atomic mass is 15.3. The van der Waals surface area contributed by atoms with Gasteiger partial charge in [0, 0.05) is 0 Å². The van der Waals surface area contributed by atoms with Crippen LogP contribution < -0.4 is 0 Å². The Kier molecular flexibility index (Phi) is 32.4. The molecule has 0 heterocycles. The van der Waals surface area contributed by atoms with E-state index in [1.165, 1.54) is 25.8 Å². The van der Waals surface area contributed by atoms with Crippen molar-refractivity contribution in [2.45, 2.75) is 68.7 Å². The first kappa shape index (κ1) is 34.7. The van der Waals surface area contributed by atoms with Crippen molar-refractivity contribution in [2.24, 2.45) is 0 Å². The summed E-state index contributed by atoms with van der Waals surface area (Å²) in [7, 11) is 11.2. The Labute approximate surface area is 157 Å². The van der Waals surface area contributed by atoms with Gasteiger partial charge in [0.15, 0.2) is 0 Å². The summed E-state index contributed by atoms with van der Waals surface area (Å²) in [4.78, 5) is 0. The molecule has 0 saturated carbocycles. The minimum absolute atomic E-state index is 0. The maximum absolute atomic E-state index is 2.30. The van der Waals surface area contributed by atoms with Crippen molar-refractivity contribution in [3.05, 3.63) is 24.3 Å². The van der Waals surface area contributed by atoms with E-state index < -0.39 is 0 Å². The van der Waals surface area contributed by atoms with Crippen molar-refractivity contribution in [2.75, 3.05) is 54.9 Å². The molecule has 0 N–H and O–H groups in total. The maximum Gasteiger partial charge on any atom is 0.0971 e. The van der Waals surface area contributed by atoms with Crippen molar-refractivity contribution < 1.29 is 8.97 Å². The topological polar surface area (TPSA) is 0 Å². The van der Waals surface area contributed by atoms with Gasteiger partial charge in [-0.1, -0.05) is 61.1 Å². The van der Waals surface area contributed by atoms with Gasteiger partial charge in [0.25, 0.3) is 0 Å². The monoisotopic (exact) mass is 346 g/mol. The van der Waals surface area contributed by atoms with Crippen LogP contribution in [0.15, 0.2) is 24.3 Å². The smallest absolute Gasteiger partial charge is 0.0971 e. The van der Waals surface area contributed by atoms with Crippen molar-refractivity contribution in [3.63, 3.8) is 0 Å². The van der Waals surface area contributed by atoms with Gasteiger partial charge in [0.2, 0.25) is 0 Å². The predicted molar refractivity (Wildman–Crippen MR) is 119 cm³/mol. The van der Waals surface area contributed by atoms with Crippen LogP contribution >= 0.6 is 0 Å². The predicted octanol–water partition coefficient (Wildman–Crippen LogP) is 6.40. The summed E-state index contributed by atoms with van der Waals surface area (Å²) in [6.45, 7) is 14.2. The van der Waals surface area contributed by atoms with Crippen molar-refractivity contribution >= 4 is 0 Å². The number of likely N-dealkylation sites (N-methyl/N-ethyl adjacent to an activating group) is 2. The van der Waals surface area contributed by atoms with Crippen molar-refractivity contribution in [1.29, 1.82) is 0 Å². The van der Waals surface area contributed by atoms with E-state index in [-0.39, 0.29) is 14.9 Å². The van der Waals surface area contributed by atoms with E-state index in [0.29, 0.717) is 0 Å². The number of allylic oxidation sites excluding steroid dienone is 2. The SMILES string of the molecule is C.C.CC/C=C/CC.CCC.CC[N+](C)(C)C/C=C/C[N+](C)(C)C. The number of hydrogen-bond donors (Lipinski definition) is 0. The molecule has 0 rings (SSSR count). The molecule has 0 spiro atoms. The minimum Gasteiger partial charge on any atom is -0.328 e. The highest BCUT2D eigenvalue weighted by Gasteiger charge is 2.08. The van der Waals surface area contributed by atoms with Crippen LogP contribution in [0.5, 0.6) is 0 Å². The minimum atomic E-state index is 0. The van der Waals surface area contributed by atoms with E-state index in [0.717, 1.165) is 22.1 Å². The standard InChI is InChI=1S/C11H26N2.C6H12.C3H8.2CH4/c1-7-13(5,6)11-9-8-10-12(2,3)4;1-3-5-6-4-2;1-3-2;;/h8-9H,7,10-11H2,1-6H3;5-6H,3-4H2,1-2H3;3H2,1-2H3;2*1H4/q+2;;;;/b9-8+;6-5+;;;. The summed E-state index contributed by atoms with van der Waals surface area (Å²) in [5, 5.41) is 0. The molecule has 0 aliphatic heterocycles. The number of hydrogen-bond acceptors (Lipinski definition) is 0. The van der Waals surface area contributed by atoms with Crippen LogP contribution in [0.1, 0.15) is 68.7 Å². The summed E-state index contributed by atoms with van der Waals surface area (Å²) in [6.07, 6.45) is 12.5. The lowest BCUT2D eigenvalue weighted by molar-refractivity contribution is -0.882. The molecule has 0 atom stereocenters. The molecule has 2 nitrogen and oxygen atoms in total. The number of rotatable bonds is 7. The molecule has 0 saturated heterocycles. The van der Waals surface area contributed by atoms with Crippen LogP contribution in [-0.2, 0) is 0 Å². The summed E-state index contributed by atoms with van der Waals surface area (Å²) >= 11 is 0. The molecule has 0 aliphatic rings. The van der Waals surface area contributed by atoms with E-state index in [4.69, 9.17) is 0 Å². The lowest BCUT2D eigenvalue weighted by Crippen LogP contribution is -2.39. The van der Waals surface area contributed by atoms with Gasteiger partial charge in [-0.05, 0) is 31.9 Å². The molecule has 0 aromatic carbocycles. The molecule has 0 aliphatic carbocycles. The Morgan fingerprint density at radius 2 is 0.917 bits per heavy atom. The van der Waals surface area contributed by atoms with E-state index in [1.54, 1.807) is 0 Å². The highest BCUT2D eigenvalue weighted by Crippen LogP contribution is 1.96. The molecule has 0 fully saturated rings. The van der Waals surface area contributed by atoms with Crippen LogP contribution in [-0.4, -0.2) is 63.8 Å². The second-order valence-corrected chi connectivity index (χ2v) is 7.37. The van der Waals surface area contributed by atoms with Gasteiger partial charge in [-0.15, -0.1) is 0 Å². The van der Waals surface area contributed by atoms with Crippen LogP contribution in [0.4, 0.5) is 0 Å². The van der Waals surface area contributed by atoms with Gasteiger partial charge in [-0.3, -0.25) is 0 Å². The molecule has 0 aromatic rings. The highest BCUT2D eigenvalue weighted by molar-refractivity contribution is 4.81. The van der Waals surface area contributed by atoms with E-state index >= 15 is 0 Å². The molecule has 0 radical (unpaired) electrons. The first-order valence-corrected chi connectivity index (χ1v) is 9.02. The maximum atomic E-state index is 2.30. The third kappa shape index (κ3) is 42.9. The third-order valence-corrected chi connectivity index (χ3v) is 2.91. The van der Waals surface area contributed by atoms with E-state index in [2.05, 4.69) is 94.2 Å². The van der Waals surface area contributed by atoms with Crippen molar-refractivity contribution in [1.82, 2.24) is 0 Å². The van der Waals surface area contributed by atoms with Crippen LogP contribution in [0.2, 0.25) is 0 Å². The average molecular weight is 347 g/mol. The van der Waals surface area contributed by atoms with Gasteiger partial charge in [0.1, 0.15) is 0 Å². The zero-order valence-corrected chi connectivity index (χ0v) is 17.4. The van der Waals surface area contributed by atoms with E-state index in [1.807, 2.05) is 0 Å². The summed E-state index contributed by atoms with van der Waals surface area (Å²) in [5.41, 5.74) is 0. The van der Waals surface area contributed by atoms with Gasteiger partial charge in [0.05, 0.1) is 54.9 Å². The fourth-order valence-corrected chi connectivity index (χ4v) is 1.21. The van der Waals surface area contributed by atoms with Crippen LogP contribution in [0.25, 0.3) is 0 Å². The van der Waals surface area contributed by atoms with Gasteiger partial charge in [-0.2, -0.15) is 0 Å². The Bertz CT molecular complexity index is 252. The zero-order chi connectivity index (χ0) is 18.1. The van der Waals surface area contributed by atoms with Crippen LogP contribution in [0, 0.1) is 0 Å². The molecule has 150 valence electrons. The Balaban J connectivity index is -0.0000000927. The summed E-state index contributed by atoms with van der Waals surface area (Å²) in [6, 6.07) is 0. The normalized spacial score (nSPS) is 10.9. The molecule has 0 bridgehead atoms. The molecule has 0 unspecified atom stereocenters. The summed E-state index contributed by atoms with van der Waals surface area (Å²) < 4.78 is 2.09. The lowest BCUT2D eigenvalue weighted by Gasteiger charge is -2.27. The molecule has 0 aromatic heterocycles. The quantitative estimate of drug-likeness (QED) is 0.370. The zero-order valence-electron chi connectivity index (χ0n) is 17.4. The van der Waals surface area contributed by atoms with Gasteiger partial charge < -0.3 is 8.97 Å².